The predicted molar refractivity (Wildman–Crippen MR) is 78.6 cm³/mol. The van der Waals surface area contributed by atoms with Gasteiger partial charge in [-0.05, 0) is 36.1 Å². The lowest BCUT2D eigenvalue weighted by Gasteiger charge is -2.07. The molecule has 104 valence electrons. The summed E-state index contributed by atoms with van der Waals surface area (Å²) in [5.74, 6) is -0.829. The number of halogens is 1. The van der Waals surface area contributed by atoms with Gasteiger partial charge in [0.2, 0.25) is 5.82 Å². The lowest BCUT2D eigenvalue weighted by molar-refractivity contribution is -0.387. The standard InChI is InChI=1S/C14H13FN2O2S/c1-20-12-5-2-10(3-6-12)9-16-11-4-7-13(15)14(8-11)17(18)19/h2-8,16H,9H2,1H3. The summed E-state index contributed by atoms with van der Waals surface area (Å²) in [5, 5.41) is 13.7. The van der Waals surface area contributed by atoms with Crippen molar-refractivity contribution in [2.75, 3.05) is 11.6 Å². The van der Waals surface area contributed by atoms with Crippen molar-refractivity contribution < 1.29 is 9.31 Å². The molecule has 0 saturated heterocycles. The third-order valence-electron chi connectivity index (χ3n) is 2.80. The zero-order valence-electron chi connectivity index (χ0n) is 10.8. The summed E-state index contributed by atoms with van der Waals surface area (Å²) in [6.45, 7) is 0.525. The van der Waals surface area contributed by atoms with Gasteiger partial charge in [0.1, 0.15) is 0 Å². The topological polar surface area (TPSA) is 55.2 Å². The number of hydrogen-bond donors (Lipinski definition) is 1. The van der Waals surface area contributed by atoms with Crippen LogP contribution in [0.3, 0.4) is 0 Å². The maximum Gasteiger partial charge on any atom is 0.306 e. The summed E-state index contributed by atoms with van der Waals surface area (Å²) < 4.78 is 13.2. The Morgan fingerprint density at radius 3 is 2.55 bits per heavy atom. The lowest BCUT2D eigenvalue weighted by Crippen LogP contribution is -2.01. The average molecular weight is 292 g/mol. The molecule has 0 bridgehead atoms. The normalized spacial score (nSPS) is 10.3. The zero-order valence-corrected chi connectivity index (χ0v) is 11.6. The van der Waals surface area contributed by atoms with Crippen LogP contribution in [-0.4, -0.2) is 11.2 Å². The monoisotopic (exact) mass is 292 g/mol. The first kappa shape index (κ1) is 14.3. The molecular formula is C14H13FN2O2S. The second-order valence-corrected chi connectivity index (χ2v) is 5.00. The second kappa shape index (κ2) is 6.38. The fourth-order valence-electron chi connectivity index (χ4n) is 1.71. The molecule has 0 spiro atoms. The SMILES string of the molecule is CSc1ccc(CNc2ccc(F)c([N+](=O)[O-])c2)cc1. The molecule has 0 amide bonds. The fourth-order valence-corrected chi connectivity index (χ4v) is 2.12. The maximum absolute atomic E-state index is 13.2. The minimum absolute atomic E-state index is 0.520. The highest BCUT2D eigenvalue weighted by atomic mass is 32.2. The average Bonchev–Trinajstić information content (AvgIpc) is 2.46. The van der Waals surface area contributed by atoms with Crippen LogP contribution in [0.4, 0.5) is 15.8 Å². The van der Waals surface area contributed by atoms with Gasteiger partial charge in [0.25, 0.3) is 0 Å². The fraction of sp³-hybridized carbons (Fsp3) is 0.143. The van der Waals surface area contributed by atoms with Crippen molar-refractivity contribution in [2.45, 2.75) is 11.4 Å². The van der Waals surface area contributed by atoms with Crippen LogP contribution in [0.25, 0.3) is 0 Å². The Hall–Kier alpha value is -2.08. The van der Waals surface area contributed by atoms with Crippen LogP contribution in [0.15, 0.2) is 47.4 Å². The number of nitrogens with one attached hydrogen (secondary N) is 1. The first-order chi connectivity index (χ1) is 9.60. The van der Waals surface area contributed by atoms with Crippen LogP contribution in [0.1, 0.15) is 5.56 Å². The molecule has 1 N–H and O–H groups in total. The molecule has 0 saturated carbocycles. The number of nitro benzene ring substituents is 1. The first-order valence-electron chi connectivity index (χ1n) is 5.91. The van der Waals surface area contributed by atoms with Crippen molar-refractivity contribution in [3.63, 3.8) is 0 Å². The summed E-state index contributed by atoms with van der Waals surface area (Å²) in [7, 11) is 0. The summed E-state index contributed by atoms with van der Waals surface area (Å²) in [6, 6.07) is 11.8. The minimum Gasteiger partial charge on any atom is -0.381 e. The Morgan fingerprint density at radius 1 is 1.25 bits per heavy atom. The first-order valence-corrected chi connectivity index (χ1v) is 7.13. The molecule has 2 aromatic rings. The Kier molecular flexibility index (Phi) is 4.57. The molecule has 0 radical (unpaired) electrons. The summed E-state index contributed by atoms with van der Waals surface area (Å²) in [5.41, 5.74) is 1.05. The smallest absolute Gasteiger partial charge is 0.306 e. The van der Waals surface area contributed by atoms with Gasteiger partial charge in [-0.2, -0.15) is 4.39 Å². The molecule has 2 aromatic carbocycles. The van der Waals surface area contributed by atoms with Crippen LogP contribution in [-0.2, 0) is 6.54 Å². The van der Waals surface area contributed by atoms with Crippen LogP contribution >= 0.6 is 11.8 Å². The van der Waals surface area contributed by atoms with E-state index in [1.807, 2.05) is 30.5 Å². The van der Waals surface area contributed by atoms with E-state index in [0.717, 1.165) is 11.6 Å². The van der Waals surface area contributed by atoms with Crippen molar-refractivity contribution in [1.82, 2.24) is 0 Å². The number of anilines is 1. The highest BCUT2D eigenvalue weighted by molar-refractivity contribution is 7.98. The van der Waals surface area contributed by atoms with Gasteiger partial charge in [0.15, 0.2) is 0 Å². The summed E-state index contributed by atoms with van der Waals surface area (Å²) in [4.78, 5) is 11.1. The Bertz CT molecular complexity index is 617. The van der Waals surface area contributed by atoms with Crippen LogP contribution in [0, 0.1) is 15.9 Å². The van der Waals surface area contributed by atoms with Gasteiger partial charge in [-0.1, -0.05) is 12.1 Å². The van der Waals surface area contributed by atoms with Crippen LogP contribution < -0.4 is 5.32 Å². The highest BCUT2D eigenvalue weighted by Gasteiger charge is 2.13. The van der Waals surface area contributed by atoms with Crippen molar-refractivity contribution in [2.24, 2.45) is 0 Å². The quantitative estimate of drug-likeness (QED) is 0.513. The molecule has 0 aliphatic carbocycles. The van der Waals surface area contributed by atoms with Gasteiger partial charge in [-0.15, -0.1) is 11.8 Å². The second-order valence-electron chi connectivity index (χ2n) is 4.12. The third-order valence-corrected chi connectivity index (χ3v) is 3.54. The van der Waals surface area contributed by atoms with E-state index in [0.29, 0.717) is 12.2 Å². The summed E-state index contributed by atoms with van der Waals surface area (Å²) in [6.07, 6.45) is 2.00. The molecule has 20 heavy (non-hydrogen) atoms. The van der Waals surface area contributed by atoms with Crippen LogP contribution in [0.2, 0.25) is 0 Å². The molecule has 0 aliphatic rings. The number of nitrogens with zero attached hydrogens (tertiary/aromatic N) is 1. The molecule has 0 aliphatic heterocycles. The summed E-state index contributed by atoms with van der Waals surface area (Å²) >= 11 is 1.66. The molecular weight excluding hydrogens is 279 g/mol. The number of nitro groups is 1. The van der Waals surface area contributed by atoms with Gasteiger partial charge in [0.05, 0.1) is 4.92 Å². The predicted octanol–water partition coefficient (Wildman–Crippen LogP) is 4.07. The van der Waals surface area contributed by atoms with Crippen molar-refractivity contribution >= 4 is 23.1 Å². The Morgan fingerprint density at radius 2 is 1.95 bits per heavy atom. The largest absolute Gasteiger partial charge is 0.381 e. The molecule has 0 fully saturated rings. The number of hydrogen-bond acceptors (Lipinski definition) is 4. The van der Waals surface area contributed by atoms with Gasteiger partial charge < -0.3 is 5.32 Å². The van der Waals surface area contributed by atoms with Gasteiger partial charge in [-0.3, -0.25) is 10.1 Å². The Labute approximate surface area is 120 Å². The Balaban J connectivity index is 2.06. The molecule has 4 nitrogen and oxygen atoms in total. The van der Waals surface area contributed by atoms with Gasteiger partial charge >= 0.3 is 5.69 Å². The number of benzene rings is 2. The molecule has 0 heterocycles. The zero-order chi connectivity index (χ0) is 14.5. The van der Waals surface area contributed by atoms with Crippen LogP contribution in [0.5, 0.6) is 0 Å². The highest BCUT2D eigenvalue weighted by Crippen LogP contribution is 2.22. The number of thioether (sulfide) groups is 1. The van der Waals surface area contributed by atoms with Crippen molar-refractivity contribution in [3.05, 3.63) is 64.0 Å². The van der Waals surface area contributed by atoms with E-state index >= 15 is 0 Å². The van der Waals surface area contributed by atoms with Gasteiger partial charge in [0, 0.05) is 23.2 Å². The molecule has 2 rings (SSSR count). The minimum atomic E-state index is -0.829. The third kappa shape index (κ3) is 3.48. The van der Waals surface area contributed by atoms with E-state index in [-0.39, 0.29) is 0 Å². The molecule has 0 unspecified atom stereocenters. The number of rotatable bonds is 5. The van der Waals surface area contributed by atoms with Crippen molar-refractivity contribution in [3.8, 4) is 0 Å². The van der Waals surface area contributed by atoms with E-state index in [1.54, 1.807) is 11.8 Å². The molecule has 6 heteroatoms. The molecule has 0 atom stereocenters. The van der Waals surface area contributed by atoms with E-state index in [4.69, 9.17) is 0 Å². The van der Waals surface area contributed by atoms with E-state index < -0.39 is 16.4 Å². The van der Waals surface area contributed by atoms with Crippen molar-refractivity contribution in [1.29, 1.82) is 0 Å². The van der Waals surface area contributed by atoms with E-state index in [9.17, 15) is 14.5 Å². The molecule has 0 aromatic heterocycles. The van der Waals surface area contributed by atoms with E-state index in [2.05, 4.69) is 5.32 Å². The maximum atomic E-state index is 13.2. The van der Waals surface area contributed by atoms with E-state index in [1.165, 1.54) is 17.0 Å². The lowest BCUT2D eigenvalue weighted by atomic mass is 10.2. The van der Waals surface area contributed by atoms with Gasteiger partial charge in [-0.25, -0.2) is 0 Å².